The zero-order valence-electron chi connectivity index (χ0n) is 21.7. The van der Waals surface area contributed by atoms with Crippen LogP contribution < -0.4 is 16.8 Å². The molecule has 0 bridgehead atoms. The number of hydrogen-bond donors (Lipinski definition) is 3. The fourth-order valence-electron chi connectivity index (χ4n) is 4.70. The molecular formula is C30H32F2N4O2. The van der Waals surface area contributed by atoms with E-state index in [9.17, 15) is 13.6 Å². The molecule has 0 radical (unpaired) electrons. The third kappa shape index (κ3) is 5.69. The van der Waals surface area contributed by atoms with Crippen LogP contribution in [0.3, 0.4) is 0 Å². The number of nitrogens with one attached hydrogen (secondary N) is 1. The van der Waals surface area contributed by atoms with Crippen LogP contribution in [0.4, 0.5) is 13.6 Å². The van der Waals surface area contributed by atoms with Crippen LogP contribution in [0.25, 0.3) is 34.2 Å². The Morgan fingerprint density at radius 3 is 2.24 bits per heavy atom. The normalized spacial score (nSPS) is 16.0. The Hall–Kier alpha value is -4.20. The van der Waals surface area contributed by atoms with Gasteiger partial charge in [0, 0.05) is 35.2 Å². The van der Waals surface area contributed by atoms with Gasteiger partial charge in [-0.1, -0.05) is 61.2 Å². The van der Waals surface area contributed by atoms with Crippen molar-refractivity contribution in [1.29, 1.82) is 0 Å². The minimum absolute atomic E-state index is 0.353. The summed E-state index contributed by atoms with van der Waals surface area (Å²) in [5.41, 5.74) is 15.0. The summed E-state index contributed by atoms with van der Waals surface area (Å²) in [6, 6.07) is 18.7. The molecule has 0 atom stereocenters. The molecule has 1 fully saturated rings. The molecule has 0 aliphatic heterocycles. The fourth-order valence-corrected chi connectivity index (χ4v) is 4.70. The van der Waals surface area contributed by atoms with Gasteiger partial charge in [0.25, 0.3) is 5.92 Å². The van der Waals surface area contributed by atoms with Crippen LogP contribution in [0.15, 0.2) is 73.4 Å². The maximum atomic E-state index is 14.1. The van der Waals surface area contributed by atoms with Gasteiger partial charge in [0.15, 0.2) is 0 Å². The standard InChI is InChI=1S/C30H32F2N4O2/c1-19(34)23-16-24(20-8-6-5-7-9-20)26(35-25(23)14-15-33)21-10-12-22(13-11-21)29(17-30(31,32)18-29)36-27(37)38-28(2,3)4/h5-16H,1,17-18,33-34H2,2-4H3,(H,36,37)/b15-14-. The van der Waals surface area contributed by atoms with E-state index in [-0.39, 0.29) is 0 Å². The molecule has 6 nitrogen and oxygen atoms in total. The van der Waals surface area contributed by atoms with Crippen molar-refractivity contribution in [2.45, 2.75) is 50.7 Å². The summed E-state index contributed by atoms with van der Waals surface area (Å²) in [5, 5.41) is 2.70. The summed E-state index contributed by atoms with van der Waals surface area (Å²) in [6.45, 7) is 9.04. The summed E-state index contributed by atoms with van der Waals surface area (Å²) < 4.78 is 33.5. The Kier molecular flexibility index (Phi) is 7.02. The van der Waals surface area contributed by atoms with Gasteiger partial charge in [-0.2, -0.15) is 0 Å². The lowest BCUT2D eigenvalue weighted by molar-refractivity contribution is -0.136. The molecule has 1 aliphatic rings. The number of pyridine rings is 1. The molecule has 3 aromatic rings. The number of hydrogen-bond acceptors (Lipinski definition) is 5. The largest absolute Gasteiger partial charge is 0.444 e. The van der Waals surface area contributed by atoms with E-state index in [0.29, 0.717) is 28.2 Å². The number of aromatic nitrogens is 1. The van der Waals surface area contributed by atoms with Gasteiger partial charge in [0.1, 0.15) is 5.60 Å². The lowest BCUT2D eigenvalue weighted by Gasteiger charge is -2.48. The molecule has 38 heavy (non-hydrogen) atoms. The van der Waals surface area contributed by atoms with E-state index in [0.717, 1.165) is 16.7 Å². The first kappa shape index (κ1) is 26.9. The van der Waals surface area contributed by atoms with E-state index < -0.39 is 36.0 Å². The van der Waals surface area contributed by atoms with E-state index in [1.54, 1.807) is 39.0 Å². The summed E-state index contributed by atoms with van der Waals surface area (Å²) in [7, 11) is 0. The van der Waals surface area contributed by atoms with E-state index >= 15 is 0 Å². The number of nitrogens with two attached hydrogens (primary N) is 2. The Labute approximate surface area is 221 Å². The molecule has 4 rings (SSSR count). The maximum Gasteiger partial charge on any atom is 0.408 e. The lowest BCUT2D eigenvalue weighted by atomic mass is 9.69. The topological polar surface area (TPSA) is 103 Å². The van der Waals surface area contributed by atoms with Crippen molar-refractivity contribution in [1.82, 2.24) is 10.3 Å². The van der Waals surface area contributed by atoms with Crippen molar-refractivity contribution in [2.75, 3.05) is 0 Å². The molecule has 1 heterocycles. The molecule has 0 saturated heterocycles. The molecular weight excluding hydrogens is 486 g/mol. The van der Waals surface area contributed by atoms with Gasteiger partial charge >= 0.3 is 6.09 Å². The van der Waals surface area contributed by atoms with E-state index in [2.05, 4.69) is 11.9 Å². The van der Waals surface area contributed by atoms with Crippen LogP contribution in [-0.4, -0.2) is 22.6 Å². The van der Waals surface area contributed by atoms with Gasteiger partial charge in [-0.25, -0.2) is 18.6 Å². The third-order valence-corrected chi connectivity index (χ3v) is 6.31. The summed E-state index contributed by atoms with van der Waals surface area (Å²) in [5.74, 6) is -2.88. The van der Waals surface area contributed by atoms with Crippen LogP contribution in [0.2, 0.25) is 0 Å². The predicted octanol–water partition coefficient (Wildman–Crippen LogP) is 6.42. The number of carbonyl (C=O) groups is 1. The second-order valence-corrected chi connectivity index (χ2v) is 10.6. The van der Waals surface area contributed by atoms with E-state index in [1.165, 1.54) is 6.20 Å². The van der Waals surface area contributed by atoms with Crippen LogP contribution in [0, 0.1) is 0 Å². The fraction of sp³-hybridized carbons (Fsp3) is 0.267. The highest BCUT2D eigenvalue weighted by Gasteiger charge is 2.58. The van der Waals surface area contributed by atoms with E-state index in [1.807, 2.05) is 48.5 Å². The highest BCUT2D eigenvalue weighted by atomic mass is 19.3. The van der Waals surface area contributed by atoms with E-state index in [4.69, 9.17) is 21.2 Å². The van der Waals surface area contributed by atoms with Crippen molar-refractivity contribution in [3.63, 3.8) is 0 Å². The molecule has 5 N–H and O–H groups in total. The van der Waals surface area contributed by atoms with Crippen molar-refractivity contribution in [3.05, 3.63) is 90.3 Å². The molecule has 0 spiro atoms. The number of halogens is 2. The van der Waals surface area contributed by atoms with Gasteiger partial charge in [-0.3, -0.25) is 0 Å². The number of benzene rings is 2. The minimum Gasteiger partial charge on any atom is -0.444 e. The Balaban J connectivity index is 1.77. The minimum atomic E-state index is -2.88. The number of rotatable bonds is 6. The molecule has 8 heteroatoms. The second-order valence-electron chi connectivity index (χ2n) is 10.6. The monoisotopic (exact) mass is 518 g/mol. The quantitative estimate of drug-likeness (QED) is 0.349. The van der Waals surface area contributed by atoms with Gasteiger partial charge in [-0.05, 0) is 50.2 Å². The molecule has 1 amide bonds. The van der Waals surface area contributed by atoms with Crippen molar-refractivity contribution >= 4 is 17.9 Å². The van der Waals surface area contributed by atoms with Crippen LogP contribution >= 0.6 is 0 Å². The summed E-state index contributed by atoms with van der Waals surface area (Å²) in [4.78, 5) is 17.4. The van der Waals surface area contributed by atoms with Crippen LogP contribution in [0.1, 0.15) is 50.4 Å². The second kappa shape index (κ2) is 9.93. The average Bonchev–Trinajstić information content (AvgIpc) is 2.82. The Morgan fingerprint density at radius 2 is 1.71 bits per heavy atom. The highest BCUT2D eigenvalue weighted by Crippen LogP contribution is 2.52. The molecule has 198 valence electrons. The molecule has 2 aromatic carbocycles. The first-order chi connectivity index (χ1) is 17.8. The summed E-state index contributed by atoms with van der Waals surface area (Å²) in [6.07, 6.45) is 1.28. The molecule has 1 aliphatic carbocycles. The molecule has 1 aromatic heterocycles. The molecule has 1 saturated carbocycles. The Morgan fingerprint density at radius 1 is 1.08 bits per heavy atom. The smallest absolute Gasteiger partial charge is 0.408 e. The highest BCUT2D eigenvalue weighted by molar-refractivity contribution is 5.85. The number of ether oxygens (including phenoxy) is 1. The number of nitrogens with zero attached hydrogens (tertiary/aromatic N) is 1. The van der Waals surface area contributed by atoms with Gasteiger partial charge < -0.3 is 21.5 Å². The molecule has 0 unspecified atom stereocenters. The van der Waals surface area contributed by atoms with Crippen molar-refractivity contribution in [2.24, 2.45) is 11.5 Å². The zero-order valence-corrected chi connectivity index (χ0v) is 21.7. The first-order valence-electron chi connectivity index (χ1n) is 12.3. The Bertz CT molecular complexity index is 1370. The third-order valence-electron chi connectivity index (χ3n) is 6.31. The summed E-state index contributed by atoms with van der Waals surface area (Å²) >= 11 is 0. The van der Waals surface area contributed by atoms with Crippen molar-refractivity contribution in [3.8, 4) is 22.4 Å². The van der Waals surface area contributed by atoms with Crippen LogP contribution in [-0.2, 0) is 10.3 Å². The van der Waals surface area contributed by atoms with Gasteiger partial charge in [0.2, 0.25) is 0 Å². The lowest BCUT2D eigenvalue weighted by Crippen LogP contribution is -2.60. The number of amides is 1. The number of alkyl halides is 2. The zero-order chi connectivity index (χ0) is 27.7. The van der Waals surface area contributed by atoms with Gasteiger partial charge in [0.05, 0.1) is 16.9 Å². The first-order valence-corrected chi connectivity index (χ1v) is 12.3. The predicted molar refractivity (Wildman–Crippen MR) is 147 cm³/mol. The number of alkyl carbamates (subject to hydrolysis) is 1. The number of carbonyl (C=O) groups excluding carboxylic acids is 1. The SMILES string of the molecule is C=C(N)c1cc(-c2ccccc2)c(-c2ccc(C3(NC(=O)OC(C)(C)C)CC(F)(F)C3)cc2)nc1/C=C\N. The average molecular weight is 519 g/mol. The van der Waals surface area contributed by atoms with Crippen LogP contribution in [0.5, 0.6) is 0 Å². The maximum absolute atomic E-state index is 14.1. The van der Waals surface area contributed by atoms with Gasteiger partial charge in [-0.15, -0.1) is 0 Å². The van der Waals surface area contributed by atoms with Crippen molar-refractivity contribution < 1.29 is 18.3 Å².